The second kappa shape index (κ2) is 19.4. The van der Waals surface area contributed by atoms with Crippen LogP contribution in [0.2, 0.25) is 0 Å². The van der Waals surface area contributed by atoms with Gasteiger partial charge >= 0.3 is 11.7 Å². The zero-order valence-electron chi connectivity index (χ0n) is 30.6. The molecular weight excluding hydrogens is 680 g/mol. The second-order valence-electron chi connectivity index (χ2n) is 13.8. The molecule has 0 aliphatic heterocycles. The number of hydrogen-bond donors (Lipinski definition) is 9. The molecule has 1 heterocycles. The molecule has 0 saturated carbocycles. The molecule has 288 valence electrons. The number of aliphatic imine (C=N–C) groups is 1. The van der Waals surface area contributed by atoms with Crippen molar-refractivity contribution in [2.75, 3.05) is 18.5 Å². The van der Waals surface area contributed by atoms with Crippen LogP contribution in [0.3, 0.4) is 0 Å². The highest BCUT2D eigenvalue weighted by atomic mass is 16.6. The highest BCUT2D eigenvalue weighted by Gasteiger charge is 2.34. The molecule has 1 aromatic heterocycles. The zero-order chi connectivity index (χ0) is 39.3. The highest BCUT2D eigenvalue weighted by Crippen LogP contribution is 2.21. The molecule has 2 rings (SSSR count). The summed E-state index contributed by atoms with van der Waals surface area (Å²) in [5.74, 6) is -3.70. The van der Waals surface area contributed by atoms with Crippen molar-refractivity contribution in [2.24, 2.45) is 22.4 Å². The molecule has 5 atom stereocenters. The first kappa shape index (κ1) is 42.9. The van der Waals surface area contributed by atoms with Crippen molar-refractivity contribution in [3.8, 4) is 0 Å². The van der Waals surface area contributed by atoms with Crippen LogP contribution < -0.4 is 43.7 Å². The Morgan fingerprint density at radius 2 is 1.54 bits per heavy atom. The van der Waals surface area contributed by atoms with Crippen molar-refractivity contribution in [1.82, 2.24) is 21.3 Å². The van der Waals surface area contributed by atoms with E-state index in [9.17, 15) is 39.0 Å². The SMILES string of the molecule is Cc1cc(=O)oc2cc(NC(=O)[C@H](CCCN=C(N)N)NC(=O)[C@H](NC(=O)[C@H](CO)NC(=O)[C@H](CC(C)C)NC(=O)OC(C)(C)C)[C@@H](C)O)ccc12. The number of ether oxygens (including phenoxy) is 1. The number of benzene rings is 1. The number of nitrogens with two attached hydrogens (primary N) is 2. The summed E-state index contributed by atoms with van der Waals surface area (Å²) in [6.07, 6.45) is -1.93. The third-order valence-electron chi connectivity index (χ3n) is 7.39. The molecule has 0 aliphatic rings. The average molecular weight is 733 g/mol. The van der Waals surface area contributed by atoms with Crippen molar-refractivity contribution in [3.05, 3.63) is 40.2 Å². The zero-order valence-corrected chi connectivity index (χ0v) is 30.6. The summed E-state index contributed by atoms with van der Waals surface area (Å²) in [5.41, 5.74) is 10.5. The predicted molar refractivity (Wildman–Crippen MR) is 193 cm³/mol. The molecule has 52 heavy (non-hydrogen) atoms. The Balaban J connectivity index is 2.23. The van der Waals surface area contributed by atoms with Crippen LogP contribution in [0.1, 0.15) is 66.4 Å². The molecule has 5 amide bonds. The molecule has 0 radical (unpaired) electrons. The molecule has 0 fully saturated rings. The van der Waals surface area contributed by atoms with Gasteiger partial charge < -0.3 is 57.4 Å². The first-order chi connectivity index (χ1) is 24.2. The summed E-state index contributed by atoms with van der Waals surface area (Å²) < 4.78 is 10.5. The third-order valence-corrected chi connectivity index (χ3v) is 7.39. The van der Waals surface area contributed by atoms with Gasteiger partial charge in [0.25, 0.3) is 0 Å². The topological polar surface area (TPSA) is 290 Å². The Morgan fingerprint density at radius 1 is 0.904 bits per heavy atom. The van der Waals surface area contributed by atoms with Crippen LogP contribution in [-0.4, -0.2) is 94.9 Å². The highest BCUT2D eigenvalue weighted by molar-refractivity contribution is 6.00. The van der Waals surface area contributed by atoms with E-state index in [0.717, 1.165) is 0 Å². The molecule has 18 heteroatoms. The molecule has 18 nitrogen and oxygen atoms in total. The summed E-state index contributed by atoms with van der Waals surface area (Å²) in [6, 6.07) is 0.438. The van der Waals surface area contributed by atoms with Crippen LogP contribution in [0.4, 0.5) is 10.5 Å². The fourth-order valence-corrected chi connectivity index (χ4v) is 4.94. The van der Waals surface area contributed by atoms with Gasteiger partial charge in [-0.25, -0.2) is 9.59 Å². The Hall–Kier alpha value is -5.23. The number of amides is 5. The monoisotopic (exact) mass is 732 g/mol. The Morgan fingerprint density at radius 3 is 2.12 bits per heavy atom. The van der Waals surface area contributed by atoms with Crippen LogP contribution in [-0.2, 0) is 23.9 Å². The van der Waals surface area contributed by atoms with Gasteiger partial charge in [0, 0.05) is 29.8 Å². The van der Waals surface area contributed by atoms with Gasteiger partial charge in [-0.05, 0) is 77.5 Å². The van der Waals surface area contributed by atoms with E-state index in [1.165, 1.54) is 19.1 Å². The number of nitrogens with one attached hydrogen (secondary N) is 5. The van der Waals surface area contributed by atoms with E-state index in [2.05, 4.69) is 31.6 Å². The first-order valence-corrected chi connectivity index (χ1v) is 16.8. The number of rotatable bonds is 17. The van der Waals surface area contributed by atoms with E-state index in [1.54, 1.807) is 39.8 Å². The maximum Gasteiger partial charge on any atom is 0.408 e. The summed E-state index contributed by atoms with van der Waals surface area (Å²) in [4.78, 5) is 81.5. The summed E-state index contributed by atoms with van der Waals surface area (Å²) in [5, 5.41) is 33.5. The van der Waals surface area contributed by atoms with Gasteiger partial charge in [0.2, 0.25) is 23.6 Å². The minimum atomic E-state index is -1.64. The molecule has 0 spiro atoms. The van der Waals surface area contributed by atoms with Crippen molar-refractivity contribution in [3.63, 3.8) is 0 Å². The number of guanidine groups is 1. The standard InChI is InChI=1S/C34H52N8O10/c1-17(2)13-23(41-33(50)52-34(5,6)7)29(47)40-24(16-43)30(48)42-27(19(4)44)31(49)39-22(9-8-12-37-32(35)36)28(46)38-20-10-11-21-18(3)14-26(45)51-25(21)15-20/h10-11,14-15,17,19,22-24,27,43-44H,8-9,12-13,16H2,1-7H3,(H,38,46)(H,39,49)(H,40,47)(H,41,50)(H,42,48)(H4,35,36,37)/t19-,22+,23+,24+,27-/m1/s1. The maximum absolute atomic E-state index is 13.5. The quantitative estimate of drug-likeness (QED) is 0.0445. The number of anilines is 1. The van der Waals surface area contributed by atoms with Gasteiger partial charge in [-0.15, -0.1) is 0 Å². The summed E-state index contributed by atoms with van der Waals surface area (Å²) in [6.45, 7) is 10.8. The molecule has 0 unspecified atom stereocenters. The van der Waals surface area contributed by atoms with E-state index < -0.39 is 77.8 Å². The normalized spacial score (nSPS) is 14.3. The molecule has 2 aromatic rings. The van der Waals surface area contributed by atoms with E-state index in [1.807, 2.05) is 13.8 Å². The predicted octanol–water partition coefficient (Wildman–Crippen LogP) is -0.140. The van der Waals surface area contributed by atoms with E-state index >= 15 is 0 Å². The molecule has 1 aromatic carbocycles. The van der Waals surface area contributed by atoms with Gasteiger partial charge in [-0.1, -0.05) is 13.8 Å². The lowest BCUT2D eigenvalue weighted by Crippen LogP contribution is -2.61. The fourth-order valence-electron chi connectivity index (χ4n) is 4.94. The number of carbonyl (C=O) groups excluding carboxylic acids is 5. The minimum Gasteiger partial charge on any atom is -0.444 e. The fraction of sp³-hybridized carbons (Fsp3) is 0.559. The first-order valence-electron chi connectivity index (χ1n) is 16.8. The van der Waals surface area contributed by atoms with Crippen molar-refractivity contribution >= 4 is 52.3 Å². The van der Waals surface area contributed by atoms with Gasteiger partial charge in [0.1, 0.15) is 35.4 Å². The summed E-state index contributed by atoms with van der Waals surface area (Å²) >= 11 is 0. The number of fused-ring (bicyclic) bond motifs is 1. The molecule has 11 N–H and O–H groups in total. The number of aryl methyl sites for hydroxylation is 1. The van der Waals surface area contributed by atoms with Crippen molar-refractivity contribution in [1.29, 1.82) is 0 Å². The van der Waals surface area contributed by atoms with E-state index in [4.69, 9.17) is 20.6 Å². The average Bonchev–Trinajstić information content (AvgIpc) is 3.01. The van der Waals surface area contributed by atoms with Gasteiger partial charge in [-0.3, -0.25) is 24.2 Å². The smallest absolute Gasteiger partial charge is 0.408 e. The lowest BCUT2D eigenvalue weighted by Gasteiger charge is -2.27. The van der Waals surface area contributed by atoms with E-state index in [-0.39, 0.29) is 49.0 Å². The Bertz CT molecular complexity index is 1660. The van der Waals surface area contributed by atoms with Crippen LogP contribution in [0.25, 0.3) is 11.0 Å². The molecule has 0 bridgehead atoms. The minimum absolute atomic E-state index is 0.0216. The third kappa shape index (κ3) is 14.2. The maximum atomic E-state index is 13.5. The molecular formula is C34H52N8O10. The van der Waals surface area contributed by atoms with Gasteiger partial charge in [0.05, 0.1) is 12.7 Å². The number of hydrogen-bond acceptors (Lipinski definition) is 11. The van der Waals surface area contributed by atoms with E-state index in [0.29, 0.717) is 10.9 Å². The Kier molecular flexibility index (Phi) is 16.0. The number of alkyl carbamates (subject to hydrolysis) is 1. The summed E-state index contributed by atoms with van der Waals surface area (Å²) in [7, 11) is 0. The number of aliphatic hydroxyl groups excluding tert-OH is 2. The van der Waals surface area contributed by atoms with Crippen LogP contribution in [0.15, 0.2) is 38.5 Å². The van der Waals surface area contributed by atoms with Crippen LogP contribution in [0.5, 0.6) is 0 Å². The molecule has 0 aliphatic carbocycles. The number of carbonyl (C=O) groups is 5. The number of nitrogens with zero attached hydrogens (tertiary/aromatic N) is 1. The van der Waals surface area contributed by atoms with Crippen LogP contribution in [0, 0.1) is 12.8 Å². The lowest BCUT2D eigenvalue weighted by atomic mass is 10.0. The van der Waals surface area contributed by atoms with Crippen molar-refractivity contribution in [2.45, 2.75) is 104 Å². The van der Waals surface area contributed by atoms with Crippen molar-refractivity contribution < 1.29 is 43.3 Å². The van der Waals surface area contributed by atoms with Gasteiger partial charge in [0.15, 0.2) is 5.96 Å². The van der Waals surface area contributed by atoms with Gasteiger partial charge in [-0.2, -0.15) is 0 Å². The van der Waals surface area contributed by atoms with Crippen LogP contribution >= 0.6 is 0 Å². The lowest BCUT2D eigenvalue weighted by molar-refractivity contribution is -0.136. The largest absolute Gasteiger partial charge is 0.444 e. The number of aliphatic hydroxyl groups is 2. The molecule has 0 saturated heterocycles. The second-order valence-corrected chi connectivity index (χ2v) is 13.8. The Labute approximate surface area is 301 Å².